The quantitative estimate of drug-likeness (QED) is 0.418. The van der Waals surface area contributed by atoms with E-state index in [1.54, 1.807) is 30.6 Å². The summed E-state index contributed by atoms with van der Waals surface area (Å²) in [5.74, 6) is 0. The van der Waals surface area contributed by atoms with Crippen LogP contribution in [0.4, 0.5) is 5.69 Å². The maximum absolute atomic E-state index is 12.5. The number of thiazole rings is 1. The van der Waals surface area contributed by atoms with Crippen LogP contribution in [0.2, 0.25) is 0 Å². The third kappa shape index (κ3) is 2.79. The van der Waals surface area contributed by atoms with E-state index in [9.17, 15) is 14.9 Å². The Morgan fingerprint density at radius 2 is 1.96 bits per heavy atom. The number of rotatable bonds is 3. The number of hydrogen-bond donors (Lipinski definition) is 0. The first-order valence-corrected chi connectivity index (χ1v) is 8.13. The van der Waals surface area contributed by atoms with Crippen molar-refractivity contribution in [1.82, 2.24) is 14.4 Å². The van der Waals surface area contributed by atoms with Gasteiger partial charge >= 0.3 is 0 Å². The minimum atomic E-state index is -0.453. The van der Waals surface area contributed by atoms with Crippen LogP contribution >= 0.6 is 11.3 Å². The molecule has 0 aliphatic heterocycles. The molecule has 1 aromatic carbocycles. The lowest BCUT2D eigenvalue weighted by Gasteiger charge is -1.95. The minimum absolute atomic E-state index is 0.0153. The second kappa shape index (κ2) is 5.91. The van der Waals surface area contributed by atoms with Gasteiger partial charge in [-0.25, -0.2) is 4.98 Å². The van der Waals surface area contributed by atoms with Crippen LogP contribution in [-0.2, 0) is 0 Å². The Morgan fingerprint density at radius 1 is 1.16 bits per heavy atom. The van der Waals surface area contributed by atoms with Gasteiger partial charge in [0, 0.05) is 30.1 Å². The van der Waals surface area contributed by atoms with Crippen LogP contribution in [0.3, 0.4) is 0 Å². The van der Waals surface area contributed by atoms with Crippen molar-refractivity contribution in [3.05, 3.63) is 85.6 Å². The van der Waals surface area contributed by atoms with Crippen molar-refractivity contribution in [2.75, 3.05) is 0 Å². The Kier molecular flexibility index (Phi) is 3.58. The minimum Gasteiger partial charge on any atom is -0.267 e. The standard InChI is InChI=1S/C17H10N4O3S/c22-16-15(9-12-3-1-2-8-18-12)25-17-19-14(10-20(16)17)11-4-6-13(7-5-11)21(23)24/h1-10H. The van der Waals surface area contributed by atoms with Crippen molar-refractivity contribution in [2.24, 2.45) is 0 Å². The maximum atomic E-state index is 12.5. The molecule has 0 saturated carbocycles. The fourth-order valence-electron chi connectivity index (χ4n) is 2.42. The van der Waals surface area contributed by atoms with Gasteiger partial charge in [0.05, 0.1) is 20.8 Å². The van der Waals surface area contributed by atoms with Gasteiger partial charge in [0.1, 0.15) is 0 Å². The van der Waals surface area contributed by atoms with Crippen molar-refractivity contribution in [1.29, 1.82) is 0 Å². The van der Waals surface area contributed by atoms with E-state index in [1.807, 2.05) is 18.2 Å². The predicted molar refractivity (Wildman–Crippen MR) is 94.5 cm³/mol. The largest absolute Gasteiger partial charge is 0.274 e. The first kappa shape index (κ1) is 15.2. The molecule has 0 spiro atoms. The summed E-state index contributed by atoms with van der Waals surface area (Å²) < 4.78 is 2.03. The topological polar surface area (TPSA) is 90.4 Å². The summed E-state index contributed by atoms with van der Waals surface area (Å²) in [6.45, 7) is 0. The smallest absolute Gasteiger partial charge is 0.267 e. The lowest BCUT2D eigenvalue weighted by molar-refractivity contribution is -0.384. The predicted octanol–water partition coefficient (Wildman–Crippen LogP) is 2.27. The Balaban J connectivity index is 1.76. The molecule has 0 unspecified atom stereocenters. The molecule has 0 radical (unpaired) electrons. The monoisotopic (exact) mass is 350 g/mol. The summed E-state index contributed by atoms with van der Waals surface area (Å²) >= 11 is 1.28. The van der Waals surface area contributed by atoms with E-state index in [-0.39, 0.29) is 11.2 Å². The van der Waals surface area contributed by atoms with Crippen molar-refractivity contribution in [2.45, 2.75) is 0 Å². The molecule has 0 bridgehead atoms. The summed E-state index contributed by atoms with van der Waals surface area (Å²) in [4.78, 5) is 32.0. The van der Waals surface area contributed by atoms with E-state index in [4.69, 9.17) is 0 Å². The van der Waals surface area contributed by atoms with Crippen LogP contribution in [0.5, 0.6) is 0 Å². The molecule has 0 amide bonds. The molecule has 0 aliphatic carbocycles. The number of imidazole rings is 1. The third-order valence-corrected chi connectivity index (χ3v) is 4.63. The number of aromatic nitrogens is 3. The van der Waals surface area contributed by atoms with Gasteiger partial charge in [-0.3, -0.25) is 24.3 Å². The second-order valence-electron chi connectivity index (χ2n) is 5.25. The van der Waals surface area contributed by atoms with E-state index >= 15 is 0 Å². The highest BCUT2D eigenvalue weighted by molar-refractivity contribution is 7.15. The lowest BCUT2D eigenvalue weighted by atomic mass is 10.1. The van der Waals surface area contributed by atoms with Crippen molar-refractivity contribution >= 4 is 28.1 Å². The van der Waals surface area contributed by atoms with E-state index in [0.29, 0.717) is 20.9 Å². The molecular formula is C17H10N4O3S. The van der Waals surface area contributed by atoms with Gasteiger partial charge in [-0.2, -0.15) is 0 Å². The Morgan fingerprint density at radius 3 is 2.60 bits per heavy atom. The first-order chi connectivity index (χ1) is 12.1. The van der Waals surface area contributed by atoms with E-state index in [1.165, 1.54) is 27.9 Å². The third-order valence-electron chi connectivity index (χ3n) is 3.65. The molecule has 8 heteroatoms. The molecule has 0 aliphatic rings. The molecule has 0 saturated heterocycles. The molecule has 0 N–H and O–H groups in total. The normalized spacial score (nSPS) is 11.9. The molecule has 0 atom stereocenters. The molecule has 4 aromatic rings. The number of nitro groups is 1. The number of pyridine rings is 1. The zero-order chi connectivity index (χ0) is 17.4. The Bertz CT molecular complexity index is 1180. The second-order valence-corrected chi connectivity index (χ2v) is 6.26. The van der Waals surface area contributed by atoms with Gasteiger partial charge < -0.3 is 0 Å². The number of nitrogens with zero attached hydrogens (tertiary/aromatic N) is 4. The van der Waals surface area contributed by atoms with Gasteiger partial charge in [0.25, 0.3) is 11.2 Å². The van der Waals surface area contributed by atoms with Crippen LogP contribution in [0.15, 0.2) is 59.7 Å². The molecule has 4 rings (SSSR count). The van der Waals surface area contributed by atoms with Gasteiger partial charge in [-0.1, -0.05) is 17.4 Å². The number of fused-ring (bicyclic) bond motifs is 1. The molecule has 7 nitrogen and oxygen atoms in total. The molecular weight excluding hydrogens is 340 g/mol. The highest BCUT2D eigenvalue weighted by Crippen LogP contribution is 2.22. The summed E-state index contributed by atoms with van der Waals surface area (Å²) in [5.41, 5.74) is 1.88. The van der Waals surface area contributed by atoms with Crippen molar-refractivity contribution < 1.29 is 4.92 Å². The SMILES string of the molecule is O=c1c(=Cc2ccccn2)sc2nc(-c3ccc([N+](=O)[O-])cc3)cn12. The van der Waals surface area contributed by atoms with Crippen LogP contribution in [0.25, 0.3) is 22.3 Å². The lowest BCUT2D eigenvalue weighted by Crippen LogP contribution is -2.22. The van der Waals surface area contributed by atoms with E-state index in [2.05, 4.69) is 9.97 Å². The van der Waals surface area contributed by atoms with E-state index < -0.39 is 4.92 Å². The summed E-state index contributed by atoms with van der Waals surface area (Å²) in [6, 6.07) is 11.6. The van der Waals surface area contributed by atoms with Crippen LogP contribution in [-0.4, -0.2) is 19.3 Å². The molecule has 122 valence electrons. The molecule has 3 aromatic heterocycles. The van der Waals surface area contributed by atoms with Crippen LogP contribution < -0.4 is 10.1 Å². The fraction of sp³-hybridized carbons (Fsp3) is 0. The van der Waals surface area contributed by atoms with Gasteiger partial charge in [0.2, 0.25) is 0 Å². The molecule has 25 heavy (non-hydrogen) atoms. The summed E-state index contributed by atoms with van der Waals surface area (Å²) in [5, 5.41) is 10.7. The van der Waals surface area contributed by atoms with Crippen molar-refractivity contribution in [3.63, 3.8) is 0 Å². The average Bonchev–Trinajstić information content (AvgIpc) is 3.16. The van der Waals surface area contributed by atoms with Gasteiger partial charge in [-0.05, 0) is 30.3 Å². The van der Waals surface area contributed by atoms with Gasteiger partial charge in [0.15, 0.2) is 4.96 Å². The number of benzene rings is 1. The summed E-state index contributed by atoms with van der Waals surface area (Å²) in [7, 11) is 0. The van der Waals surface area contributed by atoms with E-state index in [0.717, 1.165) is 5.56 Å². The zero-order valence-electron chi connectivity index (χ0n) is 12.7. The van der Waals surface area contributed by atoms with Crippen molar-refractivity contribution in [3.8, 4) is 11.3 Å². The zero-order valence-corrected chi connectivity index (χ0v) is 13.5. The molecule has 0 fully saturated rings. The first-order valence-electron chi connectivity index (χ1n) is 7.31. The Hall–Kier alpha value is -3.39. The maximum Gasteiger partial charge on any atom is 0.274 e. The number of hydrogen-bond acceptors (Lipinski definition) is 6. The summed E-state index contributed by atoms with van der Waals surface area (Å²) in [6.07, 6.45) is 5.04. The Labute approximate surface area is 144 Å². The fourth-order valence-corrected chi connectivity index (χ4v) is 3.36. The number of nitro benzene ring substituents is 1. The van der Waals surface area contributed by atoms with Gasteiger partial charge in [-0.15, -0.1) is 0 Å². The van der Waals surface area contributed by atoms with Crippen LogP contribution in [0, 0.1) is 10.1 Å². The highest BCUT2D eigenvalue weighted by Gasteiger charge is 2.11. The van der Waals surface area contributed by atoms with Crippen LogP contribution in [0.1, 0.15) is 5.69 Å². The highest BCUT2D eigenvalue weighted by atomic mass is 32.1. The number of non-ortho nitro benzene ring substituents is 1. The average molecular weight is 350 g/mol. The molecule has 3 heterocycles.